The van der Waals surface area contributed by atoms with Gasteiger partial charge in [-0.15, -0.1) is 0 Å². The molecule has 0 radical (unpaired) electrons. The molecule has 102 valence electrons. The van der Waals surface area contributed by atoms with E-state index in [1.807, 2.05) is 34.6 Å². The van der Waals surface area contributed by atoms with Crippen LogP contribution in [0.1, 0.15) is 47.5 Å². The molecule has 0 aromatic heterocycles. The smallest absolute Gasteiger partial charge is 0.410 e. The van der Waals surface area contributed by atoms with Crippen LogP contribution >= 0.6 is 0 Å². The monoisotopic (exact) mass is 253 g/mol. The zero-order valence-electron chi connectivity index (χ0n) is 12.2. The maximum absolute atomic E-state index is 12.1. The van der Waals surface area contributed by atoms with Gasteiger partial charge < -0.3 is 4.74 Å². The third-order valence-electron chi connectivity index (χ3n) is 2.91. The van der Waals surface area contributed by atoms with Gasteiger partial charge in [0.05, 0.1) is 0 Å². The summed E-state index contributed by atoms with van der Waals surface area (Å²) in [5.74, 6) is -0.00383. The van der Waals surface area contributed by atoms with Crippen molar-refractivity contribution in [1.29, 1.82) is 0 Å². The Morgan fingerprint density at radius 3 is 2.06 bits per heavy atom. The second-order valence-electron chi connectivity index (χ2n) is 6.16. The molecule has 0 spiro atoms. The van der Waals surface area contributed by atoms with E-state index < -0.39 is 17.2 Å². The molecule has 4 heteroatoms. The molecule has 0 atom stereocenters. The molecule has 1 aliphatic carbocycles. The van der Waals surface area contributed by atoms with Gasteiger partial charge in [-0.3, -0.25) is 9.69 Å². The summed E-state index contributed by atoms with van der Waals surface area (Å²) in [5.41, 5.74) is -0.260. The van der Waals surface area contributed by atoms with Crippen molar-refractivity contribution in [1.82, 2.24) is 4.90 Å². The summed E-state index contributed by atoms with van der Waals surface area (Å²) in [6.45, 7) is 9.20. The highest BCUT2D eigenvalue weighted by Gasteiger charge is 2.54. The predicted octanol–water partition coefficient (Wildman–Crippen LogP) is 2.92. The molecule has 1 aliphatic rings. The number of carbonyl (C=O) groups is 2. The first-order valence-electron chi connectivity index (χ1n) is 6.25. The minimum Gasteiger partial charge on any atom is -0.444 e. The van der Waals surface area contributed by atoms with Crippen LogP contribution in [0.25, 0.3) is 0 Å². The average Bonchev–Trinajstić information content (AvgIpc) is 2.93. The Morgan fingerprint density at radius 1 is 1.22 bits per heavy atom. The number of likely N-dealkylation sites (N-methyl/N-ethyl adjacent to an activating group) is 1. The van der Waals surface area contributed by atoms with Gasteiger partial charge in [0.2, 0.25) is 0 Å². The van der Waals surface area contributed by atoms with Gasteiger partial charge in [-0.25, -0.2) is 4.79 Å². The zero-order valence-corrected chi connectivity index (χ0v) is 12.2. The number of ether oxygens (including phenoxy) is 1. The van der Waals surface area contributed by atoms with Crippen molar-refractivity contribution in [3.8, 4) is 0 Å². The summed E-state index contributed by atoms with van der Waals surface area (Å²) >= 11 is 0. The minimum atomic E-state index is -0.667. The van der Waals surface area contributed by atoms with E-state index in [0.717, 1.165) is 5.57 Å². The summed E-state index contributed by atoms with van der Waals surface area (Å²) in [6.07, 6.45) is 2.60. The number of hydrogen-bond donors (Lipinski definition) is 0. The Balaban J connectivity index is 2.78. The van der Waals surface area contributed by atoms with Gasteiger partial charge in [-0.2, -0.15) is 0 Å². The number of carbonyl (C=O) groups excluding carboxylic acids is 2. The average molecular weight is 253 g/mol. The number of allylic oxidation sites excluding steroid dienone is 1. The van der Waals surface area contributed by atoms with E-state index >= 15 is 0 Å². The van der Waals surface area contributed by atoms with E-state index in [0.29, 0.717) is 12.8 Å². The molecule has 0 heterocycles. The van der Waals surface area contributed by atoms with E-state index in [4.69, 9.17) is 4.74 Å². The number of rotatable bonds is 3. The fraction of sp³-hybridized carbons (Fsp3) is 0.714. The first-order chi connectivity index (χ1) is 8.08. The fourth-order valence-electron chi connectivity index (χ4n) is 1.77. The maximum Gasteiger partial charge on any atom is 0.410 e. The highest BCUT2D eigenvalue weighted by atomic mass is 16.6. The van der Waals surface area contributed by atoms with Crippen molar-refractivity contribution in [2.24, 2.45) is 0 Å². The summed E-state index contributed by atoms with van der Waals surface area (Å²) in [7, 11) is 1.64. The molecular weight excluding hydrogens is 230 g/mol. The summed E-state index contributed by atoms with van der Waals surface area (Å²) in [6, 6.07) is 0. The lowest BCUT2D eigenvalue weighted by atomic mass is 10.1. The van der Waals surface area contributed by atoms with Crippen LogP contribution in [0.2, 0.25) is 0 Å². The van der Waals surface area contributed by atoms with Crippen LogP contribution in [0.3, 0.4) is 0 Å². The van der Waals surface area contributed by atoms with Crippen LogP contribution in [0.15, 0.2) is 11.6 Å². The Hall–Kier alpha value is -1.32. The Bertz CT molecular complexity index is 382. The first-order valence-corrected chi connectivity index (χ1v) is 6.25. The largest absolute Gasteiger partial charge is 0.444 e. The van der Waals surface area contributed by atoms with Gasteiger partial charge in [0, 0.05) is 7.05 Å². The molecule has 0 aromatic rings. The van der Waals surface area contributed by atoms with Gasteiger partial charge in [-0.05, 0) is 53.5 Å². The van der Waals surface area contributed by atoms with Crippen LogP contribution in [-0.4, -0.2) is 35.0 Å². The van der Waals surface area contributed by atoms with Crippen LogP contribution in [0, 0.1) is 0 Å². The molecule has 1 amide bonds. The zero-order chi connectivity index (χ0) is 14.1. The van der Waals surface area contributed by atoms with Crippen molar-refractivity contribution in [2.75, 3.05) is 7.05 Å². The van der Waals surface area contributed by atoms with Gasteiger partial charge in [0.1, 0.15) is 11.1 Å². The van der Waals surface area contributed by atoms with Gasteiger partial charge >= 0.3 is 6.09 Å². The Morgan fingerprint density at radius 2 is 1.72 bits per heavy atom. The van der Waals surface area contributed by atoms with Crippen molar-refractivity contribution < 1.29 is 14.3 Å². The van der Waals surface area contributed by atoms with E-state index in [2.05, 4.69) is 0 Å². The summed E-state index contributed by atoms with van der Waals surface area (Å²) in [5, 5.41) is 0. The van der Waals surface area contributed by atoms with Crippen LogP contribution < -0.4 is 0 Å². The van der Waals surface area contributed by atoms with Gasteiger partial charge in [-0.1, -0.05) is 5.57 Å². The van der Waals surface area contributed by atoms with Crippen molar-refractivity contribution in [3.63, 3.8) is 0 Å². The maximum atomic E-state index is 12.1. The molecule has 0 unspecified atom stereocenters. The lowest BCUT2D eigenvalue weighted by Gasteiger charge is -2.29. The number of hydrogen-bond acceptors (Lipinski definition) is 3. The molecular formula is C14H23NO3. The molecule has 0 aromatic carbocycles. The molecule has 1 fully saturated rings. The summed E-state index contributed by atoms with van der Waals surface area (Å²) < 4.78 is 5.30. The molecule has 4 nitrogen and oxygen atoms in total. The second kappa shape index (κ2) is 4.75. The van der Waals surface area contributed by atoms with Crippen LogP contribution in [-0.2, 0) is 9.53 Å². The minimum absolute atomic E-state index is 0.00383. The normalized spacial score (nSPS) is 16.8. The SMILES string of the molecule is CC(C)=CC(=O)C1(N(C)C(=O)OC(C)(C)C)CC1. The molecule has 18 heavy (non-hydrogen) atoms. The molecule has 1 saturated carbocycles. The van der Waals surface area contributed by atoms with Gasteiger partial charge in [0.25, 0.3) is 0 Å². The van der Waals surface area contributed by atoms with Crippen LogP contribution in [0.4, 0.5) is 4.79 Å². The van der Waals surface area contributed by atoms with E-state index in [1.165, 1.54) is 4.90 Å². The number of amides is 1. The topological polar surface area (TPSA) is 46.6 Å². The standard InChI is InChI=1S/C14H23NO3/c1-10(2)9-11(16)14(7-8-14)15(6)12(17)18-13(3,4)5/h9H,7-8H2,1-6H3. The van der Waals surface area contributed by atoms with Gasteiger partial charge in [0.15, 0.2) is 5.78 Å². The summed E-state index contributed by atoms with van der Waals surface area (Å²) in [4.78, 5) is 25.5. The van der Waals surface area contributed by atoms with E-state index in [1.54, 1.807) is 13.1 Å². The second-order valence-corrected chi connectivity index (χ2v) is 6.16. The Kier molecular flexibility index (Phi) is 3.89. The molecule has 0 aliphatic heterocycles. The third kappa shape index (κ3) is 3.34. The highest BCUT2D eigenvalue weighted by Crippen LogP contribution is 2.43. The third-order valence-corrected chi connectivity index (χ3v) is 2.91. The number of nitrogens with zero attached hydrogens (tertiary/aromatic N) is 1. The fourth-order valence-corrected chi connectivity index (χ4v) is 1.77. The van der Waals surface area contributed by atoms with E-state index in [-0.39, 0.29) is 5.78 Å². The van der Waals surface area contributed by atoms with E-state index in [9.17, 15) is 9.59 Å². The predicted molar refractivity (Wildman–Crippen MR) is 70.4 cm³/mol. The Labute approximate surface area is 109 Å². The lowest BCUT2D eigenvalue weighted by molar-refractivity contribution is -0.120. The molecule has 0 bridgehead atoms. The quantitative estimate of drug-likeness (QED) is 0.726. The number of ketones is 1. The van der Waals surface area contributed by atoms with Crippen LogP contribution in [0.5, 0.6) is 0 Å². The molecule has 0 saturated heterocycles. The molecule has 0 N–H and O–H groups in total. The first kappa shape index (κ1) is 14.7. The van der Waals surface area contributed by atoms with Crippen molar-refractivity contribution >= 4 is 11.9 Å². The molecule has 1 rings (SSSR count). The van der Waals surface area contributed by atoms with Crippen molar-refractivity contribution in [3.05, 3.63) is 11.6 Å². The van der Waals surface area contributed by atoms with Crippen molar-refractivity contribution in [2.45, 2.75) is 58.6 Å². The highest BCUT2D eigenvalue weighted by molar-refractivity contribution is 6.02. The lowest BCUT2D eigenvalue weighted by Crippen LogP contribution is -2.46.